The van der Waals surface area contributed by atoms with Gasteiger partial charge in [-0.1, -0.05) is 6.42 Å². The molecule has 0 amide bonds. The number of nitrogens with zero attached hydrogens (tertiary/aromatic N) is 1. The molecule has 0 aromatic rings. The number of likely N-dealkylation sites (tertiary alicyclic amines) is 1. The Balaban J connectivity index is 2.07. The second-order valence-electron chi connectivity index (χ2n) is 2.69. The van der Waals surface area contributed by atoms with Gasteiger partial charge in [-0.15, -0.1) is 0 Å². The predicted molar refractivity (Wildman–Crippen MR) is 42.2 cm³/mol. The van der Waals surface area contributed by atoms with Crippen LogP contribution in [0, 0.1) is 5.41 Å². The van der Waals surface area contributed by atoms with Crippen LogP contribution in [0.25, 0.3) is 0 Å². The molecule has 0 aromatic carbocycles. The number of hydrogen-bond acceptors (Lipinski definition) is 2. The second kappa shape index (κ2) is 4.28. The molecule has 3 nitrogen and oxygen atoms in total. The Kier molecular flexibility index (Phi) is 3.22. The first kappa shape index (κ1) is 7.54. The Hall–Kier alpha value is -0.570. The van der Waals surface area contributed by atoms with Crippen molar-refractivity contribution in [3.63, 3.8) is 0 Å². The highest BCUT2D eigenvalue weighted by Crippen LogP contribution is 2.06. The summed E-state index contributed by atoms with van der Waals surface area (Å²) in [7, 11) is 0. The molecule has 1 heterocycles. The normalized spacial score (nSPS) is 20.4. The summed E-state index contributed by atoms with van der Waals surface area (Å²) < 4.78 is 0. The molecule has 58 valence electrons. The van der Waals surface area contributed by atoms with E-state index in [0.29, 0.717) is 0 Å². The smallest absolute Gasteiger partial charge is 0.0801 e. The third-order valence-corrected chi connectivity index (χ3v) is 1.87. The molecule has 1 rings (SSSR count). The van der Waals surface area contributed by atoms with Crippen LogP contribution in [0.15, 0.2) is 0 Å². The molecular formula is C7H15N3. The monoisotopic (exact) mass is 141 g/mol. The van der Waals surface area contributed by atoms with E-state index in [1.807, 2.05) is 0 Å². The van der Waals surface area contributed by atoms with Crippen LogP contribution in [0.5, 0.6) is 0 Å². The van der Waals surface area contributed by atoms with Gasteiger partial charge >= 0.3 is 0 Å². The van der Waals surface area contributed by atoms with Crippen LogP contribution in [-0.2, 0) is 0 Å². The van der Waals surface area contributed by atoms with Gasteiger partial charge in [0.15, 0.2) is 0 Å². The van der Waals surface area contributed by atoms with Gasteiger partial charge in [-0.3, -0.25) is 10.3 Å². The Bertz CT molecular complexity index is 97.0. The predicted octanol–water partition coefficient (Wildman–Crippen LogP) is 0.626. The minimum atomic E-state index is 0.851. The van der Waals surface area contributed by atoms with Crippen molar-refractivity contribution in [3.05, 3.63) is 0 Å². The van der Waals surface area contributed by atoms with E-state index in [4.69, 9.17) is 5.41 Å². The highest BCUT2D eigenvalue weighted by Gasteiger charge is 2.07. The SMILES string of the molecule is N=CNCN1CCCCC1. The fourth-order valence-electron chi connectivity index (χ4n) is 1.29. The molecule has 2 N–H and O–H groups in total. The molecule has 0 bridgehead atoms. The summed E-state index contributed by atoms with van der Waals surface area (Å²) in [6.45, 7) is 3.24. The lowest BCUT2D eigenvalue weighted by Crippen LogP contribution is -2.37. The van der Waals surface area contributed by atoms with Crippen molar-refractivity contribution in [1.82, 2.24) is 10.2 Å². The third kappa shape index (κ3) is 2.35. The molecule has 1 saturated heterocycles. The highest BCUT2D eigenvalue weighted by molar-refractivity contribution is 5.49. The topological polar surface area (TPSA) is 39.1 Å². The molecule has 3 heteroatoms. The van der Waals surface area contributed by atoms with Gasteiger partial charge in [0.1, 0.15) is 0 Å². The lowest BCUT2D eigenvalue weighted by Gasteiger charge is -2.25. The zero-order chi connectivity index (χ0) is 7.23. The zero-order valence-electron chi connectivity index (χ0n) is 6.27. The number of piperidine rings is 1. The van der Waals surface area contributed by atoms with Crippen LogP contribution >= 0.6 is 0 Å². The Morgan fingerprint density at radius 3 is 2.60 bits per heavy atom. The van der Waals surface area contributed by atoms with E-state index >= 15 is 0 Å². The van der Waals surface area contributed by atoms with Gasteiger partial charge in [0, 0.05) is 0 Å². The van der Waals surface area contributed by atoms with Gasteiger partial charge in [-0.2, -0.15) is 0 Å². The maximum Gasteiger partial charge on any atom is 0.0801 e. The standard InChI is InChI=1S/C7H15N3/c8-6-9-7-10-4-2-1-3-5-10/h6H,1-5,7H2,(H2,8,9). The fourth-order valence-corrected chi connectivity index (χ4v) is 1.29. The van der Waals surface area contributed by atoms with Crippen LogP contribution in [0.2, 0.25) is 0 Å². The third-order valence-electron chi connectivity index (χ3n) is 1.87. The highest BCUT2D eigenvalue weighted by atomic mass is 15.2. The molecule has 0 atom stereocenters. The summed E-state index contributed by atoms with van der Waals surface area (Å²) in [6.07, 6.45) is 5.27. The van der Waals surface area contributed by atoms with E-state index in [-0.39, 0.29) is 0 Å². The first-order valence-corrected chi connectivity index (χ1v) is 3.88. The first-order chi connectivity index (χ1) is 4.93. The Labute approximate surface area is 61.9 Å². The van der Waals surface area contributed by atoms with Crippen molar-refractivity contribution < 1.29 is 0 Å². The van der Waals surface area contributed by atoms with Gasteiger partial charge in [-0.25, -0.2) is 0 Å². The molecule has 1 fully saturated rings. The summed E-state index contributed by atoms with van der Waals surface area (Å²) in [4.78, 5) is 2.34. The summed E-state index contributed by atoms with van der Waals surface area (Å²) >= 11 is 0. The van der Waals surface area contributed by atoms with Crippen molar-refractivity contribution in [2.45, 2.75) is 19.3 Å². The van der Waals surface area contributed by atoms with Crippen LogP contribution in [0.1, 0.15) is 19.3 Å². The van der Waals surface area contributed by atoms with E-state index < -0.39 is 0 Å². The minimum absolute atomic E-state index is 0.851. The van der Waals surface area contributed by atoms with E-state index in [9.17, 15) is 0 Å². The molecule has 0 spiro atoms. The molecule has 10 heavy (non-hydrogen) atoms. The average Bonchev–Trinajstić information content (AvgIpc) is 2.03. The second-order valence-corrected chi connectivity index (χ2v) is 2.69. The van der Waals surface area contributed by atoms with Gasteiger partial charge in [0.05, 0.1) is 13.0 Å². The molecular weight excluding hydrogens is 126 g/mol. The molecule has 0 saturated carbocycles. The van der Waals surface area contributed by atoms with Gasteiger partial charge in [0.2, 0.25) is 0 Å². The van der Waals surface area contributed by atoms with Crippen molar-refractivity contribution in [1.29, 1.82) is 5.41 Å². The summed E-state index contributed by atoms with van der Waals surface area (Å²) in [5.41, 5.74) is 0. The summed E-state index contributed by atoms with van der Waals surface area (Å²) in [5.74, 6) is 0. The van der Waals surface area contributed by atoms with Crippen LogP contribution < -0.4 is 5.32 Å². The quantitative estimate of drug-likeness (QED) is 0.447. The van der Waals surface area contributed by atoms with E-state index in [0.717, 1.165) is 6.67 Å². The summed E-state index contributed by atoms with van der Waals surface area (Å²) in [5, 5.41) is 9.64. The maximum atomic E-state index is 6.76. The number of nitrogens with one attached hydrogen (secondary N) is 2. The Morgan fingerprint density at radius 2 is 2.00 bits per heavy atom. The van der Waals surface area contributed by atoms with Crippen molar-refractivity contribution >= 4 is 6.34 Å². The largest absolute Gasteiger partial charge is 0.364 e. The maximum absolute atomic E-state index is 6.76. The van der Waals surface area contributed by atoms with Crippen molar-refractivity contribution in [2.24, 2.45) is 0 Å². The summed E-state index contributed by atoms with van der Waals surface area (Å²) in [6, 6.07) is 0. The van der Waals surface area contributed by atoms with Crippen LogP contribution in [0.3, 0.4) is 0 Å². The van der Waals surface area contributed by atoms with Gasteiger partial charge < -0.3 is 5.32 Å². The molecule has 0 radical (unpaired) electrons. The number of hydrogen-bond donors (Lipinski definition) is 2. The Morgan fingerprint density at radius 1 is 1.30 bits per heavy atom. The van der Waals surface area contributed by atoms with E-state index in [2.05, 4.69) is 10.2 Å². The van der Waals surface area contributed by atoms with Crippen LogP contribution in [-0.4, -0.2) is 31.0 Å². The molecule has 1 aliphatic rings. The lowest BCUT2D eigenvalue weighted by atomic mass is 10.1. The number of rotatable bonds is 3. The average molecular weight is 141 g/mol. The molecule has 0 aliphatic carbocycles. The molecule has 0 unspecified atom stereocenters. The lowest BCUT2D eigenvalue weighted by molar-refractivity contribution is 0.225. The fraction of sp³-hybridized carbons (Fsp3) is 0.857. The van der Waals surface area contributed by atoms with Gasteiger partial charge in [-0.05, 0) is 25.9 Å². The van der Waals surface area contributed by atoms with Gasteiger partial charge in [0.25, 0.3) is 0 Å². The molecule has 1 aliphatic heterocycles. The zero-order valence-corrected chi connectivity index (χ0v) is 6.27. The van der Waals surface area contributed by atoms with Crippen LogP contribution in [0.4, 0.5) is 0 Å². The van der Waals surface area contributed by atoms with Crippen molar-refractivity contribution in [2.75, 3.05) is 19.8 Å². The minimum Gasteiger partial charge on any atom is -0.364 e. The molecule has 0 aromatic heterocycles. The van der Waals surface area contributed by atoms with E-state index in [1.165, 1.54) is 38.7 Å². The van der Waals surface area contributed by atoms with E-state index in [1.54, 1.807) is 0 Å². The van der Waals surface area contributed by atoms with Crippen molar-refractivity contribution in [3.8, 4) is 0 Å². The first-order valence-electron chi connectivity index (χ1n) is 3.88.